The van der Waals surface area contributed by atoms with E-state index in [1.54, 1.807) is 0 Å². The molecule has 0 saturated heterocycles. The van der Waals surface area contributed by atoms with Crippen LogP contribution in [0.1, 0.15) is 51.4 Å². The summed E-state index contributed by atoms with van der Waals surface area (Å²) in [6, 6.07) is 0. The predicted molar refractivity (Wildman–Crippen MR) is 61.0 cm³/mol. The minimum absolute atomic E-state index is 0.0475. The van der Waals surface area contributed by atoms with E-state index in [1.807, 2.05) is 0 Å². The van der Waals surface area contributed by atoms with Crippen molar-refractivity contribution >= 4 is 11.6 Å². The minimum Gasteiger partial charge on any atom is -0.300 e. The highest BCUT2D eigenvalue weighted by molar-refractivity contribution is 5.91. The lowest BCUT2D eigenvalue weighted by atomic mass is 9.63. The van der Waals surface area contributed by atoms with E-state index >= 15 is 0 Å². The number of carbonyl (C=O) groups is 2. The van der Waals surface area contributed by atoms with Gasteiger partial charge in [0.1, 0.15) is 11.6 Å². The van der Waals surface area contributed by atoms with Crippen LogP contribution >= 0.6 is 0 Å². The summed E-state index contributed by atoms with van der Waals surface area (Å²) >= 11 is 0. The molecule has 0 aromatic rings. The second-order valence-corrected chi connectivity index (χ2v) is 5.89. The Bertz CT molecular complexity index is 326. The Hall–Kier alpha value is -0.920. The highest BCUT2D eigenvalue weighted by Gasteiger charge is 2.62. The van der Waals surface area contributed by atoms with Gasteiger partial charge in [-0.2, -0.15) is 0 Å². The Labute approximate surface area is 96.1 Å². The average molecular weight is 218 g/mol. The van der Waals surface area contributed by atoms with E-state index < -0.39 is 0 Å². The van der Waals surface area contributed by atoms with Crippen LogP contribution in [0.2, 0.25) is 0 Å². The van der Waals surface area contributed by atoms with Crippen LogP contribution in [0, 0.1) is 10.8 Å². The zero-order chi connectivity index (χ0) is 11.2. The van der Waals surface area contributed by atoms with Gasteiger partial charge in [0.15, 0.2) is 0 Å². The zero-order valence-corrected chi connectivity index (χ0v) is 9.63. The van der Waals surface area contributed by atoms with Crippen molar-refractivity contribution in [3.05, 3.63) is 12.2 Å². The van der Waals surface area contributed by atoms with Crippen LogP contribution < -0.4 is 0 Å². The smallest absolute Gasteiger partial charge is 0.134 e. The lowest BCUT2D eigenvalue weighted by Crippen LogP contribution is -2.32. The first-order valence-electron chi connectivity index (χ1n) is 6.34. The first kappa shape index (κ1) is 10.2. The van der Waals surface area contributed by atoms with Crippen molar-refractivity contribution < 1.29 is 9.59 Å². The third-order valence-electron chi connectivity index (χ3n) is 5.01. The Balaban J connectivity index is 2.03. The molecule has 0 bridgehead atoms. The molecule has 3 aliphatic carbocycles. The van der Waals surface area contributed by atoms with Gasteiger partial charge in [0.05, 0.1) is 0 Å². The van der Waals surface area contributed by atoms with E-state index in [-0.39, 0.29) is 10.8 Å². The Morgan fingerprint density at radius 1 is 0.750 bits per heavy atom. The minimum atomic E-state index is 0.0475. The fourth-order valence-corrected chi connectivity index (χ4v) is 4.35. The molecule has 0 atom stereocenters. The molecule has 0 heterocycles. The quantitative estimate of drug-likeness (QED) is 0.586. The molecule has 0 unspecified atom stereocenters. The van der Waals surface area contributed by atoms with Crippen LogP contribution in [0.15, 0.2) is 12.2 Å². The number of hydrogen-bond donors (Lipinski definition) is 0. The summed E-state index contributed by atoms with van der Waals surface area (Å²) in [5, 5.41) is 0. The van der Waals surface area contributed by atoms with Crippen molar-refractivity contribution in [3.8, 4) is 0 Å². The van der Waals surface area contributed by atoms with Gasteiger partial charge in [-0.1, -0.05) is 12.2 Å². The number of Topliss-reactive ketones (excluding diaryl/α,β-unsaturated/α-hetero) is 2. The summed E-state index contributed by atoms with van der Waals surface area (Å²) in [5.74, 6) is 0.795. The van der Waals surface area contributed by atoms with E-state index in [2.05, 4.69) is 12.2 Å². The predicted octanol–water partition coefficient (Wildman–Crippen LogP) is 2.82. The van der Waals surface area contributed by atoms with Crippen molar-refractivity contribution in [2.75, 3.05) is 0 Å². The normalized spacial score (nSPS) is 44.8. The monoisotopic (exact) mass is 218 g/mol. The number of rotatable bonds is 0. The van der Waals surface area contributed by atoms with Gasteiger partial charge in [0.2, 0.25) is 0 Å². The van der Waals surface area contributed by atoms with Crippen molar-refractivity contribution in [2.45, 2.75) is 51.4 Å². The average Bonchev–Trinajstić information content (AvgIpc) is 2.52. The van der Waals surface area contributed by atoms with Crippen LogP contribution in [0.3, 0.4) is 0 Å². The molecule has 16 heavy (non-hydrogen) atoms. The molecule has 2 heteroatoms. The third-order valence-corrected chi connectivity index (χ3v) is 5.01. The Morgan fingerprint density at radius 2 is 1.12 bits per heavy atom. The number of ketones is 2. The van der Waals surface area contributed by atoms with E-state index in [0.29, 0.717) is 37.2 Å². The maximum atomic E-state index is 11.8. The lowest BCUT2D eigenvalue weighted by molar-refractivity contribution is -0.120. The molecule has 0 N–H and O–H groups in total. The first-order valence-corrected chi connectivity index (χ1v) is 6.34. The SMILES string of the molecule is O=C1CC23CC/C=C\CCC2(C1)CC(=O)C3. The largest absolute Gasteiger partial charge is 0.300 e. The molecule has 3 rings (SSSR count). The second kappa shape index (κ2) is 3.28. The van der Waals surface area contributed by atoms with Gasteiger partial charge < -0.3 is 0 Å². The van der Waals surface area contributed by atoms with Crippen molar-refractivity contribution in [1.82, 2.24) is 0 Å². The molecule has 0 aromatic heterocycles. The van der Waals surface area contributed by atoms with Gasteiger partial charge in [-0.25, -0.2) is 0 Å². The summed E-state index contributed by atoms with van der Waals surface area (Å²) in [7, 11) is 0. The lowest BCUT2D eigenvalue weighted by Gasteiger charge is -2.40. The van der Waals surface area contributed by atoms with Gasteiger partial charge in [-0.3, -0.25) is 9.59 Å². The Morgan fingerprint density at radius 3 is 1.50 bits per heavy atom. The van der Waals surface area contributed by atoms with Crippen molar-refractivity contribution in [2.24, 2.45) is 10.8 Å². The topological polar surface area (TPSA) is 34.1 Å². The van der Waals surface area contributed by atoms with E-state index in [1.165, 1.54) is 0 Å². The molecular formula is C14H18O2. The molecule has 0 amide bonds. The molecule has 0 aliphatic heterocycles. The number of hydrogen-bond acceptors (Lipinski definition) is 2. The van der Waals surface area contributed by atoms with Gasteiger partial charge in [0.25, 0.3) is 0 Å². The van der Waals surface area contributed by atoms with Gasteiger partial charge in [-0.05, 0) is 36.5 Å². The van der Waals surface area contributed by atoms with Gasteiger partial charge in [0, 0.05) is 25.7 Å². The number of allylic oxidation sites excluding steroid dienone is 2. The van der Waals surface area contributed by atoms with Gasteiger partial charge >= 0.3 is 0 Å². The highest BCUT2D eigenvalue weighted by atomic mass is 16.1. The highest BCUT2D eigenvalue weighted by Crippen LogP contribution is 2.65. The van der Waals surface area contributed by atoms with E-state index in [0.717, 1.165) is 25.7 Å². The van der Waals surface area contributed by atoms with Crippen molar-refractivity contribution in [1.29, 1.82) is 0 Å². The van der Waals surface area contributed by atoms with E-state index in [4.69, 9.17) is 0 Å². The third kappa shape index (κ3) is 1.25. The van der Waals surface area contributed by atoms with Crippen LogP contribution in [0.5, 0.6) is 0 Å². The fraction of sp³-hybridized carbons (Fsp3) is 0.714. The Kier molecular flexibility index (Phi) is 2.10. The van der Waals surface area contributed by atoms with Crippen LogP contribution in [-0.2, 0) is 9.59 Å². The summed E-state index contributed by atoms with van der Waals surface area (Å²) in [5.41, 5.74) is 0.0951. The molecule has 0 spiro atoms. The van der Waals surface area contributed by atoms with Crippen LogP contribution in [-0.4, -0.2) is 11.6 Å². The van der Waals surface area contributed by atoms with E-state index in [9.17, 15) is 9.59 Å². The molecule has 2 fully saturated rings. The molecule has 2 saturated carbocycles. The maximum Gasteiger partial charge on any atom is 0.134 e. The molecule has 0 radical (unpaired) electrons. The number of carbonyl (C=O) groups excluding carboxylic acids is 2. The first-order chi connectivity index (χ1) is 7.66. The van der Waals surface area contributed by atoms with Crippen LogP contribution in [0.25, 0.3) is 0 Å². The molecular weight excluding hydrogens is 200 g/mol. The summed E-state index contributed by atoms with van der Waals surface area (Å²) in [6.45, 7) is 0. The summed E-state index contributed by atoms with van der Waals surface area (Å²) in [4.78, 5) is 23.6. The van der Waals surface area contributed by atoms with Gasteiger partial charge in [-0.15, -0.1) is 0 Å². The molecule has 0 aromatic carbocycles. The second-order valence-electron chi connectivity index (χ2n) is 5.89. The maximum absolute atomic E-state index is 11.8. The summed E-state index contributed by atoms with van der Waals surface area (Å²) in [6.07, 6.45) is 11.3. The molecule has 86 valence electrons. The summed E-state index contributed by atoms with van der Waals surface area (Å²) < 4.78 is 0. The molecule has 3 aliphatic rings. The zero-order valence-electron chi connectivity index (χ0n) is 9.63. The van der Waals surface area contributed by atoms with Crippen LogP contribution in [0.4, 0.5) is 0 Å². The molecule has 2 nitrogen and oxygen atoms in total. The fourth-order valence-electron chi connectivity index (χ4n) is 4.35. The standard InChI is InChI=1S/C14H18O2/c15-11-7-13-5-3-1-2-4-6-14(13,9-11)10-12(16)8-13/h1-2H,3-10H2/b2-1-. The van der Waals surface area contributed by atoms with Crippen molar-refractivity contribution in [3.63, 3.8) is 0 Å².